The zero-order chi connectivity index (χ0) is 9.26. The molecular weight excluding hydrogens is 225 g/mol. The highest BCUT2D eigenvalue weighted by molar-refractivity contribution is 6.29. The molecule has 0 fully saturated rings. The van der Waals surface area contributed by atoms with Gasteiger partial charge in [-0.25, -0.2) is 0 Å². The van der Waals surface area contributed by atoms with Crippen LogP contribution in [0.5, 0.6) is 0 Å². The van der Waals surface area contributed by atoms with E-state index in [2.05, 4.69) is 15.3 Å². The highest BCUT2D eigenvalue weighted by Crippen LogP contribution is 2.07. The van der Waals surface area contributed by atoms with E-state index in [-0.39, 0.29) is 12.4 Å². The van der Waals surface area contributed by atoms with Crippen molar-refractivity contribution in [1.29, 1.82) is 0 Å². The molecule has 0 aliphatic heterocycles. The summed E-state index contributed by atoms with van der Waals surface area (Å²) in [6, 6.07) is 3.44. The first kappa shape index (κ1) is 11.2. The fourth-order valence-corrected chi connectivity index (χ4v) is 1.23. The van der Waals surface area contributed by atoms with Crippen LogP contribution in [-0.4, -0.2) is 26.4 Å². The number of fused-ring (bicyclic) bond motifs is 1. The third-order valence-electron chi connectivity index (χ3n) is 1.66. The van der Waals surface area contributed by atoms with Crippen molar-refractivity contribution in [3.63, 3.8) is 0 Å². The summed E-state index contributed by atoms with van der Waals surface area (Å²) >= 11 is 5.73. The molecule has 0 spiro atoms. The molecule has 0 unspecified atom stereocenters. The van der Waals surface area contributed by atoms with E-state index in [0.29, 0.717) is 23.8 Å². The Bertz CT molecular complexity index is 427. The second kappa shape index (κ2) is 4.54. The highest BCUT2D eigenvalue weighted by atomic mass is 35.5. The van der Waals surface area contributed by atoms with E-state index in [9.17, 15) is 0 Å². The molecule has 5 nitrogen and oxygen atoms in total. The van der Waals surface area contributed by atoms with Crippen molar-refractivity contribution < 1.29 is 0 Å². The third kappa shape index (κ3) is 1.95. The van der Waals surface area contributed by atoms with E-state index in [0.717, 1.165) is 5.82 Å². The minimum atomic E-state index is 0. The molecule has 0 saturated heterocycles. The number of hydrogen-bond donors (Lipinski definition) is 1. The van der Waals surface area contributed by atoms with Gasteiger partial charge in [0.25, 0.3) is 0 Å². The molecule has 0 aromatic carbocycles. The van der Waals surface area contributed by atoms with Crippen LogP contribution >= 0.6 is 24.0 Å². The fraction of sp³-hybridized carbons (Fsp3) is 0.286. The monoisotopic (exact) mass is 233 g/mol. The van der Waals surface area contributed by atoms with Crippen molar-refractivity contribution >= 4 is 29.7 Å². The molecule has 0 radical (unpaired) electrons. The van der Waals surface area contributed by atoms with Gasteiger partial charge in [-0.1, -0.05) is 11.6 Å². The largest absolute Gasteiger partial charge is 0.330 e. The van der Waals surface area contributed by atoms with Crippen LogP contribution in [0, 0.1) is 0 Å². The van der Waals surface area contributed by atoms with Crippen LogP contribution in [0.3, 0.4) is 0 Å². The Morgan fingerprint density at radius 2 is 2.14 bits per heavy atom. The number of halogens is 2. The Morgan fingerprint density at radius 1 is 1.36 bits per heavy atom. The van der Waals surface area contributed by atoms with Crippen LogP contribution < -0.4 is 5.73 Å². The van der Waals surface area contributed by atoms with Gasteiger partial charge < -0.3 is 5.73 Å². The van der Waals surface area contributed by atoms with E-state index in [1.54, 1.807) is 16.6 Å². The lowest BCUT2D eigenvalue weighted by Crippen LogP contribution is -2.07. The summed E-state index contributed by atoms with van der Waals surface area (Å²) in [5, 5.41) is 12.3. The van der Waals surface area contributed by atoms with Gasteiger partial charge in [-0.2, -0.15) is 9.61 Å². The standard InChI is InChI=1S/C7H8ClN5.ClH/c8-5-1-2-6-10-11-7(3-4-9)13(6)12-5;/h1-2H,3-4,9H2;1H. The van der Waals surface area contributed by atoms with Gasteiger partial charge in [0.2, 0.25) is 0 Å². The van der Waals surface area contributed by atoms with Gasteiger partial charge in [-0.3, -0.25) is 0 Å². The van der Waals surface area contributed by atoms with Gasteiger partial charge in [-0.15, -0.1) is 22.6 Å². The summed E-state index contributed by atoms with van der Waals surface area (Å²) in [5.41, 5.74) is 6.09. The number of aromatic nitrogens is 4. The Labute approximate surface area is 91.7 Å². The maximum atomic E-state index is 5.73. The predicted molar refractivity (Wildman–Crippen MR) is 55.8 cm³/mol. The fourth-order valence-electron chi connectivity index (χ4n) is 1.10. The molecule has 2 aromatic heterocycles. The van der Waals surface area contributed by atoms with Crippen LogP contribution in [0.25, 0.3) is 5.65 Å². The van der Waals surface area contributed by atoms with Gasteiger partial charge in [0.15, 0.2) is 11.5 Å². The van der Waals surface area contributed by atoms with Crippen LogP contribution in [0.4, 0.5) is 0 Å². The van der Waals surface area contributed by atoms with Crippen LogP contribution in [0.1, 0.15) is 5.82 Å². The SMILES string of the molecule is Cl.NCCc1nnc2ccc(Cl)nn12. The number of hydrogen-bond acceptors (Lipinski definition) is 4. The van der Waals surface area contributed by atoms with E-state index in [4.69, 9.17) is 17.3 Å². The molecular formula is C7H9Cl2N5. The maximum Gasteiger partial charge on any atom is 0.178 e. The molecule has 2 rings (SSSR count). The van der Waals surface area contributed by atoms with E-state index in [1.807, 2.05) is 0 Å². The quantitative estimate of drug-likeness (QED) is 0.830. The summed E-state index contributed by atoms with van der Waals surface area (Å²) in [6.07, 6.45) is 0.647. The molecule has 0 aliphatic rings. The van der Waals surface area contributed by atoms with Crippen molar-refractivity contribution in [2.75, 3.05) is 6.54 Å². The summed E-state index contributed by atoms with van der Waals surface area (Å²) < 4.78 is 1.61. The van der Waals surface area contributed by atoms with Crippen LogP contribution in [0.15, 0.2) is 12.1 Å². The lowest BCUT2D eigenvalue weighted by atomic mass is 10.4. The van der Waals surface area contributed by atoms with Crippen LogP contribution in [0.2, 0.25) is 5.15 Å². The van der Waals surface area contributed by atoms with Gasteiger partial charge in [0.1, 0.15) is 5.15 Å². The first-order valence-electron chi connectivity index (χ1n) is 3.88. The van der Waals surface area contributed by atoms with Gasteiger partial charge in [-0.05, 0) is 18.7 Å². The molecule has 0 atom stereocenters. The summed E-state index contributed by atoms with van der Waals surface area (Å²) in [4.78, 5) is 0. The van der Waals surface area contributed by atoms with Crippen molar-refractivity contribution in [1.82, 2.24) is 19.8 Å². The normalized spacial score (nSPS) is 10.1. The van der Waals surface area contributed by atoms with E-state index in [1.165, 1.54) is 0 Å². The second-order valence-corrected chi connectivity index (χ2v) is 2.97. The molecule has 2 aromatic rings. The van der Waals surface area contributed by atoms with Crippen molar-refractivity contribution in [2.45, 2.75) is 6.42 Å². The van der Waals surface area contributed by atoms with Gasteiger partial charge >= 0.3 is 0 Å². The van der Waals surface area contributed by atoms with E-state index >= 15 is 0 Å². The lowest BCUT2D eigenvalue weighted by molar-refractivity contribution is 0.790. The number of nitrogens with two attached hydrogens (primary N) is 1. The second-order valence-electron chi connectivity index (χ2n) is 2.58. The first-order chi connectivity index (χ1) is 6.31. The zero-order valence-corrected chi connectivity index (χ0v) is 8.79. The molecule has 7 heteroatoms. The molecule has 0 bridgehead atoms. The van der Waals surface area contributed by atoms with Crippen molar-refractivity contribution in [3.05, 3.63) is 23.1 Å². The Kier molecular flexibility index (Phi) is 3.62. The van der Waals surface area contributed by atoms with Gasteiger partial charge in [0.05, 0.1) is 0 Å². The minimum Gasteiger partial charge on any atom is -0.330 e. The topological polar surface area (TPSA) is 69.1 Å². The molecule has 2 N–H and O–H groups in total. The molecule has 0 aliphatic carbocycles. The summed E-state index contributed by atoms with van der Waals surface area (Å²) in [7, 11) is 0. The number of rotatable bonds is 2. The molecule has 76 valence electrons. The van der Waals surface area contributed by atoms with Crippen molar-refractivity contribution in [3.8, 4) is 0 Å². The van der Waals surface area contributed by atoms with Crippen LogP contribution in [-0.2, 0) is 6.42 Å². The predicted octanol–water partition coefficient (Wildman–Crippen LogP) is 0.701. The van der Waals surface area contributed by atoms with Crippen molar-refractivity contribution in [2.24, 2.45) is 5.73 Å². The minimum absolute atomic E-state index is 0. The molecule has 0 amide bonds. The molecule has 2 heterocycles. The average molecular weight is 234 g/mol. The Morgan fingerprint density at radius 3 is 2.86 bits per heavy atom. The first-order valence-corrected chi connectivity index (χ1v) is 4.26. The summed E-state index contributed by atoms with van der Waals surface area (Å²) in [5.74, 6) is 0.736. The number of nitrogens with zero attached hydrogens (tertiary/aromatic N) is 4. The lowest BCUT2D eigenvalue weighted by Gasteiger charge is -1.95. The summed E-state index contributed by atoms with van der Waals surface area (Å²) in [6.45, 7) is 0.523. The highest BCUT2D eigenvalue weighted by Gasteiger charge is 2.05. The molecule has 0 saturated carbocycles. The molecule has 14 heavy (non-hydrogen) atoms. The smallest absolute Gasteiger partial charge is 0.178 e. The zero-order valence-electron chi connectivity index (χ0n) is 7.22. The Hall–Kier alpha value is -0.910. The van der Waals surface area contributed by atoms with E-state index < -0.39 is 0 Å². The third-order valence-corrected chi connectivity index (χ3v) is 1.86. The average Bonchev–Trinajstić information content (AvgIpc) is 2.49. The maximum absolute atomic E-state index is 5.73. The van der Waals surface area contributed by atoms with Gasteiger partial charge in [0, 0.05) is 6.42 Å². The Balaban J connectivity index is 0.000000980.